The number of anilines is 1. The van der Waals surface area contributed by atoms with Crippen molar-refractivity contribution in [3.8, 4) is 0 Å². The number of carbonyl (C=O) groups excluding carboxylic acids is 4. The third-order valence-electron chi connectivity index (χ3n) is 2.88. The van der Waals surface area contributed by atoms with Gasteiger partial charge in [-0.05, 0) is 30.2 Å². The molecular formula is C13H11N2O5S-. The SMILES string of the molecule is Cc1cc(C(=O)[O-])ccc1NC(=O)CN1C(=O)CSC1=O. The van der Waals surface area contributed by atoms with Gasteiger partial charge in [-0.15, -0.1) is 0 Å². The molecule has 1 aromatic rings. The molecule has 0 bridgehead atoms. The molecule has 21 heavy (non-hydrogen) atoms. The number of aromatic carboxylic acids is 1. The van der Waals surface area contributed by atoms with Crippen molar-refractivity contribution in [3.05, 3.63) is 29.3 Å². The lowest BCUT2D eigenvalue weighted by atomic mass is 10.1. The molecule has 1 heterocycles. The summed E-state index contributed by atoms with van der Waals surface area (Å²) in [6, 6.07) is 4.10. The number of rotatable bonds is 4. The van der Waals surface area contributed by atoms with E-state index in [-0.39, 0.29) is 17.9 Å². The van der Waals surface area contributed by atoms with E-state index in [0.29, 0.717) is 11.3 Å². The van der Waals surface area contributed by atoms with Crippen LogP contribution >= 0.6 is 11.8 Å². The molecule has 3 amide bonds. The second-order valence-corrected chi connectivity index (χ2v) is 5.33. The maximum atomic E-state index is 11.8. The summed E-state index contributed by atoms with van der Waals surface area (Å²) in [6.07, 6.45) is 0. The third-order valence-corrected chi connectivity index (χ3v) is 3.74. The van der Waals surface area contributed by atoms with E-state index in [0.717, 1.165) is 16.7 Å². The van der Waals surface area contributed by atoms with Crippen LogP contribution < -0.4 is 10.4 Å². The monoisotopic (exact) mass is 307 g/mol. The maximum Gasteiger partial charge on any atom is 0.289 e. The van der Waals surface area contributed by atoms with Crippen molar-refractivity contribution in [1.82, 2.24) is 4.90 Å². The van der Waals surface area contributed by atoms with Crippen LogP contribution in [0, 0.1) is 6.92 Å². The third kappa shape index (κ3) is 3.40. The maximum absolute atomic E-state index is 11.8. The van der Waals surface area contributed by atoms with Gasteiger partial charge in [0, 0.05) is 5.69 Å². The van der Waals surface area contributed by atoms with Crippen molar-refractivity contribution in [2.75, 3.05) is 17.6 Å². The molecule has 1 saturated heterocycles. The number of amides is 3. The predicted molar refractivity (Wildman–Crippen MR) is 73.7 cm³/mol. The van der Waals surface area contributed by atoms with Crippen molar-refractivity contribution in [2.45, 2.75) is 6.92 Å². The highest BCUT2D eigenvalue weighted by Crippen LogP contribution is 2.19. The normalized spacial score (nSPS) is 14.4. The molecular weight excluding hydrogens is 296 g/mol. The number of benzene rings is 1. The zero-order valence-corrected chi connectivity index (χ0v) is 11.9. The largest absolute Gasteiger partial charge is 0.545 e. The summed E-state index contributed by atoms with van der Waals surface area (Å²) >= 11 is 0.855. The number of imide groups is 1. The molecule has 8 heteroatoms. The highest BCUT2D eigenvalue weighted by atomic mass is 32.2. The van der Waals surface area contributed by atoms with Gasteiger partial charge in [0.05, 0.1) is 11.7 Å². The topological polar surface area (TPSA) is 107 Å². The van der Waals surface area contributed by atoms with E-state index in [2.05, 4.69) is 5.32 Å². The minimum atomic E-state index is -1.30. The molecule has 1 N–H and O–H groups in total. The molecule has 0 unspecified atom stereocenters. The minimum Gasteiger partial charge on any atom is -0.545 e. The van der Waals surface area contributed by atoms with Gasteiger partial charge in [0.1, 0.15) is 6.54 Å². The van der Waals surface area contributed by atoms with E-state index >= 15 is 0 Å². The van der Waals surface area contributed by atoms with Crippen LogP contribution in [0.3, 0.4) is 0 Å². The van der Waals surface area contributed by atoms with E-state index in [9.17, 15) is 24.3 Å². The van der Waals surface area contributed by atoms with Crippen LogP contribution in [0.15, 0.2) is 18.2 Å². The lowest BCUT2D eigenvalue weighted by Gasteiger charge is -2.14. The molecule has 1 aromatic carbocycles. The summed E-state index contributed by atoms with van der Waals surface area (Å²) in [5.41, 5.74) is 0.960. The van der Waals surface area contributed by atoms with E-state index in [1.54, 1.807) is 6.92 Å². The average molecular weight is 307 g/mol. The Kier molecular flexibility index (Phi) is 4.27. The number of thioether (sulfide) groups is 1. The summed E-state index contributed by atoms with van der Waals surface area (Å²) in [5.74, 6) is -2.18. The minimum absolute atomic E-state index is 0.00629. The molecule has 110 valence electrons. The van der Waals surface area contributed by atoms with Crippen molar-refractivity contribution in [3.63, 3.8) is 0 Å². The van der Waals surface area contributed by atoms with Gasteiger partial charge in [-0.3, -0.25) is 19.3 Å². The molecule has 0 spiro atoms. The van der Waals surface area contributed by atoms with Gasteiger partial charge in [0.15, 0.2) is 0 Å². The van der Waals surface area contributed by atoms with Gasteiger partial charge >= 0.3 is 0 Å². The molecule has 0 atom stereocenters. The molecule has 7 nitrogen and oxygen atoms in total. The number of nitrogens with one attached hydrogen (secondary N) is 1. The standard InChI is InChI=1S/C13H12N2O5S/c1-7-4-8(12(18)19)2-3-9(7)14-10(16)5-15-11(17)6-21-13(15)20/h2-4H,5-6H2,1H3,(H,14,16)(H,18,19)/p-1. The zero-order valence-electron chi connectivity index (χ0n) is 11.0. The number of carboxylic acids is 1. The highest BCUT2D eigenvalue weighted by Gasteiger charge is 2.31. The quantitative estimate of drug-likeness (QED) is 0.838. The number of hydrogen-bond donors (Lipinski definition) is 1. The molecule has 1 aliphatic rings. The summed E-state index contributed by atoms with van der Waals surface area (Å²) in [5, 5.41) is 12.8. The summed E-state index contributed by atoms with van der Waals surface area (Å²) < 4.78 is 0. The van der Waals surface area contributed by atoms with Crippen LogP contribution in [0.25, 0.3) is 0 Å². The van der Waals surface area contributed by atoms with Gasteiger partial charge < -0.3 is 15.2 Å². The first kappa shape index (κ1) is 15.0. The Balaban J connectivity index is 2.04. The van der Waals surface area contributed by atoms with Gasteiger partial charge in [0.2, 0.25) is 11.8 Å². The Labute approximate surface area is 124 Å². The smallest absolute Gasteiger partial charge is 0.289 e. The van der Waals surface area contributed by atoms with Crippen molar-refractivity contribution in [2.24, 2.45) is 0 Å². The van der Waals surface area contributed by atoms with Crippen molar-refractivity contribution < 1.29 is 24.3 Å². The first-order valence-corrected chi connectivity index (χ1v) is 6.96. The van der Waals surface area contributed by atoms with Crippen LogP contribution in [0.2, 0.25) is 0 Å². The van der Waals surface area contributed by atoms with Crippen LogP contribution in [0.1, 0.15) is 15.9 Å². The van der Waals surface area contributed by atoms with Crippen molar-refractivity contribution >= 4 is 40.5 Å². The summed E-state index contributed by atoms with van der Waals surface area (Å²) in [6.45, 7) is 1.27. The lowest BCUT2D eigenvalue weighted by molar-refractivity contribution is -0.255. The molecule has 1 fully saturated rings. The number of carboxylic acid groups (broad SMARTS) is 1. The van der Waals surface area contributed by atoms with Gasteiger partial charge in [0.25, 0.3) is 5.24 Å². The fraction of sp³-hybridized carbons (Fsp3) is 0.231. The van der Waals surface area contributed by atoms with Crippen molar-refractivity contribution in [1.29, 1.82) is 0 Å². The number of aryl methyl sites for hydroxylation is 1. The lowest BCUT2D eigenvalue weighted by Crippen LogP contribution is -2.36. The molecule has 0 aliphatic carbocycles. The molecule has 0 aromatic heterocycles. The van der Waals surface area contributed by atoms with Crippen LogP contribution in [0.5, 0.6) is 0 Å². The van der Waals surface area contributed by atoms with E-state index in [4.69, 9.17) is 0 Å². The average Bonchev–Trinajstić information content (AvgIpc) is 2.72. The Morgan fingerprint density at radius 1 is 1.38 bits per heavy atom. The zero-order chi connectivity index (χ0) is 15.6. The predicted octanol–water partition coefficient (Wildman–Crippen LogP) is -0.00758. The fourth-order valence-electron chi connectivity index (χ4n) is 1.80. The summed E-state index contributed by atoms with van der Waals surface area (Å²) in [7, 11) is 0. The second kappa shape index (κ2) is 5.96. The highest BCUT2D eigenvalue weighted by molar-refractivity contribution is 8.14. The molecule has 0 radical (unpaired) electrons. The summed E-state index contributed by atoms with van der Waals surface area (Å²) in [4.78, 5) is 46.2. The van der Waals surface area contributed by atoms with Gasteiger partial charge in [-0.25, -0.2) is 0 Å². The molecule has 1 aliphatic heterocycles. The second-order valence-electron chi connectivity index (χ2n) is 4.40. The van der Waals surface area contributed by atoms with Crippen LogP contribution in [-0.2, 0) is 9.59 Å². The Bertz CT molecular complexity index is 627. The number of carbonyl (C=O) groups is 4. The first-order valence-electron chi connectivity index (χ1n) is 5.97. The van der Waals surface area contributed by atoms with E-state index < -0.39 is 23.0 Å². The Hall–Kier alpha value is -2.35. The van der Waals surface area contributed by atoms with Crippen LogP contribution in [-0.4, -0.2) is 40.2 Å². The first-order chi connectivity index (χ1) is 9.88. The molecule has 2 rings (SSSR count). The number of nitrogens with zero attached hydrogens (tertiary/aromatic N) is 1. The van der Waals surface area contributed by atoms with E-state index in [1.165, 1.54) is 18.2 Å². The van der Waals surface area contributed by atoms with Crippen LogP contribution in [0.4, 0.5) is 10.5 Å². The molecule has 0 saturated carbocycles. The van der Waals surface area contributed by atoms with Gasteiger partial charge in [-0.1, -0.05) is 17.8 Å². The van der Waals surface area contributed by atoms with E-state index in [1.807, 2.05) is 0 Å². The van der Waals surface area contributed by atoms with Gasteiger partial charge in [-0.2, -0.15) is 0 Å². The number of hydrogen-bond acceptors (Lipinski definition) is 6. The Morgan fingerprint density at radius 2 is 2.10 bits per heavy atom. The Morgan fingerprint density at radius 3 is 2.62 bits per heavy atom. The fourth-order valence-corrected chi connectivity index (χ4v) is 2.52.